The maximum absolute atomic E-state index is 14.3. The highest BCUT2D eigenvalue weighted by molar-refractivity contribution is 5.94. The molecule has 8 nitrogen and oxygen atoms in total. The van der Waals surface area contributed by atoms with Crippen molar-refractivity contribution in [3.63, 3.8) is 0 Å². The van der Waals surface area contributed by atoms with Gasteiger partial charge in [-0.2, -0.15) is 5.10 Å². The van der Waals surface area contributed by atoms with Gasteiger partial charge in [0.15, 0.2) is 5.82 Å². The average Bonchev–Trinajstić information content (AvgIpc) is 3.33. The average molecular weight is 480 g/mol. The number of nitrogens with two attached hydrogens (primary N) is 1. The fraction of sp³-hybridized carbons (Fsp3) is 0.565. The maximum Gasteiger partial charge on any atom is 0.272 e. The van der Waals surface area contributed by atoms with E-state index in [1.807, 2.05) is 0 Å². The summed E-state index contributed by atoms with van der Waals surface area (Å²) in [6, 6.07) is 2.56. The van der Waals surface area contributed by atoms with Gasteiger partial charge in [0.2, 0.25) is 18.2 Å². The molecule has 0 bridgehead atoms. The zero-order chi connectivity index (χ0) is 24.4. The molecule has 34 heavy (non-hydrogen) atoms. The predicted molar refractivity (Wildman–Crippen MR) is 117 cm³/mol. The van der Waals surface area contributed by atoms with Crippen molar-refractivity contribution in [1.29, 1.82) is 0 Å². The second-order valence-corrected chi connectivity index (χ2v) is 9.07. The third-order valence-corrected chi connectivity index (χ3v) is 7.15. The van der Waals surface area contributed by atoms with E-state index in [0.717, 1.165) is 6.20 Å². The van der Waals surface area contributed by atoms with E-state index < -0.39 is 24.1 Å². The van der Waals surface area contributed by atoms with Gasteiger partial charge in [-0.25, -0.2) is 18.2 Å². The topological polar surface area (TPSA) is 114 Å². The van der Waals surface area contributed by atoms with Crippen molar-refractivity contribution in [1.82, 2.24) is 20.1 Å². The number of carbonyl (C=O) groups excluding carboxylic acids is 2. The minimum atomic E-state index is -2.35. The van der Waals surface area contributed by atoms with Crippen molar-refractivity contribution in [3.8, 4) is 17.1 Å². The largest absolute Gasteiger partial charge is 0.481 e. The third kappa shape index (κ3) is 4.88. The summed E-state index contributed by atoms with van der Waals surface area (Å²) < 4.78 is 45.6. The Kier molecular flexibility index (Phi) is 7.08. The van der Waals surface area contributed by atoms with Crippen LogP contribution in [0.3, 0.4) is 0 Å². The highest BCUT2D eigenvalue weighted by atomic mass is 19.3. The Balaban J connectivity index is 1.55. The molecular formula is C23H28F3N5O3. The van der Waals surface area contributed by atoms with Crippen LogP contribution in [0.1, 0.15) is 49.0 Å². The van der Waals surface area contributed by atoms with Crippen LogP contribution in [0.4, 0.5) is 13.2 Å². The van der Waals surface area contributed by atoms with Crippen LogP contribution in [0, 0.1) is 23.6 Å². The smallest absolute Gasteiger partial charge is 0.272 e. The number of likely N-dealkylation sites (tertiary alicyclic amines) is 1. The number of methoxy groups -OCH3 is 1. The Morgan fingerprint density at radius 2 is 1.94 bits per heavy atom. The highest BCUT2D eigenvalue weighted by Gasteiger charge is 2.41. The summed E-state index contributed by atoms with van der Waals surface area (Å²) in [4.78, 5) is 30.8. The number of piperidine rings is 1. The number of halogens is 3. The monoisotopic (exact) mass is 479 g/mol. The van der Waals surface area contributed by atoms with Crippen molar-refractivity contribution in [2.45, 2.75) is 51.0 Å². The van der Waals surface area contributed by atoms with E-state index >= 15 is 0 Å². The first kappa shape index (κ1) is 24.0. The Morgan fingerprint density at radius 3 is 2.59 bits per heavy atom. The minimum absolute atomic E-state index is 0.00500. The van der Waals surface area contributed by atoms with Crippen LogP contribution in [0.5, 0.6) is 5.88 Å². The summed E-state index contributed by atoms with van der Waals surface area (Å²) in [6.45, 7) is 0.317. The number of hydrogen-bond acceptors (Lipinski definition) is 5. The number of H-pyrrole nitrogens is 1. The van der Waals surface area contributed by atoms with Gasteiger partial charge in [-0.3, -0.25) is 14.7 Å². The molecule has 2 aromatic rings. The van der Waals surface area contributed by atoms with E-state index in [4.69, 9.17) is 10.5 Å². The van der Waals surface area contributed by atoms with E-state index in [1.165, 1.54) is 19.2 Å². The number of aromatic nitrogens is 3. The van der Waals surface area contributed by atoms with Crippen molar-refractivity contribution < 1.29 is 27.5 Å². The van der Waals surface area contributed by atoms with Gasteiger partial charge in [-0.1, -0.05) is 0 Å². The van der Waals surface area contributed by atoms with Crippen LogP contribution in [-0.2, 0) is 4.79 Å². The second-order valence-electron chi connectivity index (χ2n) is 9.07. The Labute approximate surface area is 195 Å². The SMILES string of the molecule is COc1cc(-c2cc(C(=O)N3CCC(C(N)=O)CC3C3CCC(C(F)F)CC3)[nH]n2)c(F)cn1. The predicted octanol–water partition coefficient (Wildman–Crippen LogP) is 3.40. The summed E-state index contributed by atoms with van der Waals surface area (Å²) in [6.07, 6.45) is 1.41. The van der Waals surface area contributed by atoms with Crippen LogP contribution in [0.15, 0.2) is 18.3 Å². The number of carbonyl (C=O) groups is 2. The Morgan fingerprint density at radius 1 is 1.21 bits per heavy atom. The van der Waals surface area contributed by atoms with Crippen LogP contribution in [-0.4, -0.2) is 58.0 Å². The Bertz CT molecular complexity index is 1040. The van der Waals surface area contributed by atoms with Crippen LogP contribution >= 0.6 is 0 Å². The molecule has 2 fully saturated rings. The number of rotatable bonds is 6. The molecule has 1 saturated heterocycles. The number of aromatic amines is 1. The molecule has 2 aliphatic rings. The number of pyridine rings is 1. The molecule has 2 aromatic heterocycles. The molecule has 184 valence electrons. The zero-order valence-corrected chi connectivity index (χ0v) is 18.8. The lowest BCUT2D eigenvalue weighted by atomic mass is 9.74. The highest BCUT2D eigenvalue weighted by Crippen LogP contribution is 2.40. The van der Waals surface area contributed by atoms with Gasteiger partial charge in [0.05, 0.1) is 19.0 Å². The molecule has 3 heterocycles. The fourth-order valence-electron chi connectivity index (χ4n) is 5.19. The van der Waals surface area contributed by atoms with Gasteiger partial charge in [0, 0.05) is 36.1 Å². The summed E-state index contributed by atoms with van der Waals surface area (Å²) >= 11 is 0. The number of amides is 2. The molecule has 4 rings (SSSR count). The molecular weight excluding hydrogens is 451 g/mol. The second kappa shape index (κ2) is 10.0. The number of hydrogen-bond donors (Lipinski definition) is 2. The minimum Gasteiger partial charge on any atom is -0.481 e. The van der Waals surface area contributed by atoms with Gasteiger partial charge in [-0.15, -0.1) is 0 Å². The molecule has 2 amide bonds. The molecule has 1 saturated carbocycles. The lowest BCUT2D eigenvalue weighted by Gasteiger charge is -2.44. The summed E-state index contributed by atoms with van der Waals surface area (Å²) in [5.41, 5.74) is 6.09. The lowest BCUT2D eigenvalue weighted by Crippen LogP contribution is -2.52. The summed E-state index contributed by atoms with van der Waals surface area (Å²) in [5.74, 6) is -2.13. The quantitative estimate of drug-likeness (QED) is 0.659. The molecule has 0 aromatic carbocycles. The molecule has 2 atom stereocenters. The van der Waals surface area contributed by atoms with Gasteiger partial charge < -0.3 is 15.4 Å². The van der Waals surface area contributed by atoms with Crippen molar-refractivity contribution in [3.05, 3.63) is 29.8 Å². The van der Waals surface area contributed by atoms with Crippen molar-refractivity contribution in [2.24, 2.45) is 23.5 Å². The summed E-state index contributed by atoms with van der Waals surface area (Å²) in [5, 5.41) is 6.78. The maximum atomic E-state index is 14.3. The number of nitrogens with zero attached hydrogens (tertiary/aromatic N) is 3. The summed E-state index contributed by atoms with van der Waals surface area (Å²) in [7, 11) is 1.41. The molecule has 11 heteroatoms. The van der Waals surface area contributed by atoms with Crippen LogP contribution in [0.25, 0.3) is 11.3 Å². The van der Waals surface area contributed by atoms with Crippen LogP contribution in [0.2, 0.25) is 0 Å². The van der Waals surface area contributed by atoms with E-state index in [-0.39, 0.29) is 46.6 Å². The molecule has 1 aliphatic carbocycles. The van der Waals surface area contributed by atoms with Gasteiger partial charge in [0.1, 0.15) is 5.69 Å². The van der Waals surface area contributed by atoms with Gasteiger partial charge >= 0.3 is 0 Å². The first-order valence-corrected chi connectivity index (χ1v) is 11.4. The number of nitrogens with one attached hydrogen (secondary N) is 1. The molecule has 3 N–H and O–H groups in total. The first-order valence-electron chi connectivity index (χ1n) is 11.4. The number of primary amides is 1. The standard InChI is InChI=1S/C23H28F3N5O3/c1-34-20-9-15(16(24)11-28-20)17-10-18(30-29-17)23(33)31-7-6-14(22(27)32)8-19(31)12-2-4-13(5-3-12)21(25)26/h9-14,19,21H,2-8H2,1H3,(H2,27,32)(H,29,30). The fourth-order valence-corrected chi connectivity index (χ4v) is 5.19. The van der Waals surface area contributed by atoms with Crippen molar-refractivity contribution in [2.75, 3.05) is 13.7 Å². The van der Waals surface area contributed by atoms with Crippen LogP contribution < -0.4 is 10.5 Å². The number of ether oxygens (including phenoxy) is 1. The van der Waals surface area contributed by atoms with E-state index in [2.05, 4.69) is 15.2 Å². The number of alkyl halides is 2. The lowest BCUT2D eigenvalue weighted by molar-refractivity contribution is -0.124. The molecule has 0 spiro atoms. The Hall–Kier alpha value is -3.11. The van der Waals surface area contributed by atoms with E-state index in [0.29, 0.717) is 45.1 Å². The molecule has 2 unspecified atom stereocenters. The van der Waals surface area contributed by atoms with Gasteiger partial charge in [-0.05, 0) is 50.5 Å². The van der Waals surface area contributed by atoms with E-state index in [9.17, 15) is 22.8 Å². The molecule has 1 aliphatic heterocycles. The molecule has 0 radical (unpaired) electrons. The third-order valence-electron chi connectivity index (χ3n) is 7.15. The zero-order valence-electron chi connectivity index (χ0n) is 18.8. The van der Waals surface area contributed by atoms with Crippen molar-refractivity contribution >= 4 is 11.8 Å². The normalized spacial score (nSPS) is 25.4. The van der Waals surface area contributed by atoms with Gasteiger partial charge in [0.25, 0.3) is 5.91 Å². The first-order chi connectivity index (χ1) is 16.3. The van der Waals surface area contributed by atoms with E-state index in [1.54, 1.807) is 4.90 Å².